The smallest absolute Gasteiger partial charge is 0.168 e. The van der Waals surface area contributed by atoms with Crippen molar-refractivity contribution in [1.29, 1.82) is 0 Å². The summed E-state index contributed by atoms with van der Waals surface area (Å²) >= 11 is 3.38. The molecule has 1 aromatic rings. The zero-order valence-corrected chi connectivity index (χ0v) is 11.4. The number of halogens is 1. The van der Waals surface area contributed by atoms with Gasteiger partial charge in [-0.1, -0.05) is 15.9 Å². The molecule has 1 aliphatic heterocycles. The summed E-state index contributed by atoms with van der Waals surface area (Å²) < 4.78 is 6.13. The number of methoxy groups -OCH3 is 1. The molecule has 0 amide bonds. The van der Waals surface area contributed by atoms with Crippen LogP contribution < -0.4 is 10.1 Å². The summed E-state index contributed by atoms with van der Waals surface area (Å²) in [6, 6.07) is 5.85. The predicted molar refractivity (Wildman–Crippen MR) is 70.7 cm³/mol. The van der Waals surface area contributed by atoms with E-state index in [0.29, 0.717) is 23.8 Å². The summed E-state index contributed by atoms with van der Waals surface area (Å²) in [5.74, 6) is 0.791. The van der Waals surface area contributed by atoms with E-state index in [9.17, 15) is 4.79 Å². The normalized spacial score (nSPS) is 19.3. The molecule has 0 spiro atoms. The molecule has 3 nitrogen and oxygen atoms in total. The van der Waals surface area contributed by atoms with Crippen LogP contribution in [0.2, 0.25) is 0 Å². The van der Waals surface area contributed by atoms with E-state index in [0.717, 1.165) is 23.9 Å². The summed E-state index contributed by atoms with van der Waals surface area (Å²) in [4.78, 5) is 12.2. The molecule has 1 saturated heterocycles. The molecule has 0 saturated carbocycles. The van der Waals surface area contributed by atoms with Crippen LogP contribution in [0.3, 0.4) is 0 Å². The summed E-state index contributed by atoms with van der Waals surface area (Å²) in [6.07, 6.45) is 2.79. The molecule has 2 rings (SSSR count). The highest BCUT2D eigenvalue weighted by molar-refractivity contribution is 9.10. The maximum atomic E-state index is 12.2. The third-order valence-electron chi connectivity index (χ3n) is 3.06. The highest BCUT2D eigenvalue weighted by Crippen LogP contribution is 2.25. The molecule has 17 heavy (non-hydrogen) atoms. The molecule has 1 heterocycles. The number of ether oxygens (including phenoxy) is 1. The maximum Gasteiger partial charge on any atom is 0.168 e. The van der Waals surface area contributed by atoms with Crippen LogP contribution in [0.25, 0.3) is 0 Å². The maximum absolute atomic E-state index is 12.2. The molecule has 0 bridgehead atoms. The highest BCUT2D eigenvalue weighted by atomic mass is 79.9. The van der Waals surface area contributed by atoms with Crippen molar-refractivity contribution in [1.82, 2.24) is 5.32 Å². The second kappa shape index (κ2) is 5.65. The topological polar surface area (TPSA) is 38.3 Å². The van der Waals surface area contributed by atoms with Crippen molar-refractivity contribution in [2.24, 2.45) is 0 Å². The van der Waals surface area contributed by atoms with Crippen LogP contribution in [-0.2, 0) is 0 Å². The van der Waals surface area contributed by atoms with E-state index in [-0.39, 0.29) is 5.78 Å². The SMILES string of the molecule is COc1ccc(Br)cc1C(=O)CC1CCCN1. The molecule has 0 radical (unpaired) electrons. The van der Waals surface area contributed by atoms with Gasteiger partial charge in [0.1, 0.15) is 5.75 Å². The lowest BCUT2D eigenvalue weighted by atomic mass is 10.0. The Labute approximate surface area is 110 Å². The number of hydrogen-bond acceptors (Lipinski definition) is 3. The fourth-order valence-corrected chi connectivity index (χ4v) is 2.52. The van der Waals surface area contributed by atoms with Gasteiger partial charge < -0.3 is 10.1 Å². The van der Waals surface area contributed by atoms with Crippen LogP contribution in [-0.4, -0.2) is 25.5 Å². The Hall–Kier alpha value is -0.870. The van der Waals surface area contributed by atoms with E-state index in [1.165, 1.54) is 0 Å². The van der Waals surface area contributed by atoms with Gasteiger partial charge in [-0.2, -0.15) is 0 Å². The molecule has 1 aromatic carbocycles. The van der Waals surface area contributed by atoms with Gasteiger partial charge in [-0.3, -0.25) is 4.79 Å². The van der Waals surface area contributed by atoms with Gasteiger partial charge in [0.25, 0.3) is 0 Å². The van der Waals surface area contributed by atoms with Crippen LogP contribution in [0.5, 0.6) is 5.75 Å². The third-order valence-corrected chi connectivity index (χ3v) is 3.55. The minimum absolute atomic E-state index is 0.141. The number of carbonyl (C=O) groups excluding carboxylic acids is 1. The Kier molecular flexibility index (Phi) is 4.18. The van der Waals surface area contributed by atoms with Crippen LogP contribution >= 0.6 is 15.9 Å². The van der Waals surface area contributed by atoms with Crippen molar-refractivity contribution in [2.75, 3.05) is 13.7 Å². The van der Waals surface area contributed by atoms with Crippen LogP contribution in [0.4, 0.5) is 0 Å². The van der Waals surface area contributed by atoms with Gasteiger partial charge in [0.15, 0.2) is 5.78 Å². The molecule has 92 valence electrons. The molecular weight excluding hydrogens is 282 g/mol. The fourth-order valence-electron chi connectivity index (χ4n) is 2.16. The van der Waals surface area contributed by atoms with Gasteiger partial charge in [-0.05, 0) is 37.6 Å². The summed E-state index contributed by atoms with van der Waals surface area (Å²) in [7, 11) is 1.59. The number of Topliss-reactive ketones (excluding diaryl/α,β-unsaturated/α-hetero) is 1. The lowest BCUT2D eigenvalue weighted by molar-refractivity contribution is 0.0968. The van der Waals surface area contributed by atoms with E-state index in [2.05, 4.69) is 21.2 Å². The number of rotatable bonds is 4. The van der Waals surface area contributed by atoms with E-state index in [4.69, 9.17) is 4.74 Å². The minimum atomic E-state index is 0.141. The van der Waals surface area contributed by atoms with Crippen molar-refractivity contribution >= 4 is 21.7 Å². The van der Waals surface area contributed by atoms with Gasteiger partial charge in [0.2, 0.25) is 0 Å². The van der Waals surface area contributed by atoms with Crippen molar-refractivity contribution < 1.29 is 9.53 Å². The van der Waals surface area contributed by atoms with Gasteiger partial charge in [-0.15, -0.1) is 0 Å². The first kappa shape index (κ1) is 12.6. The van der Waals surface area contributed by atoms with Crippen molar-refractivity contribution in [3.05, 3.63) is 28.2 Å². The second-order valence-electron chi connectivity index (χ2n) is 4.27. The first-order chi connectivity index (χ1) is 8.20. The van der Waals surface area contributed by atoms with E-state index >= 15 is 0 Å². The average Bonchev–Trinajstić information content (AvgIpc) is 2.81. The Bertz CT molecular complexity index is 414. The second-order valence-corrected chi connectivity index (χ2v) is 5.18. The molecule has 1 unspecified atom stereocenters. The van der Waals surface area contributed by atoms with E-state index < -0.39 is 0 Å². The summed E-state index contributed by atoms with van der Waals surface area (Å²) in [6.45, 7) is 1.02. The fraction of sp³-hybridized carbons (Fsp3) is 0.462. The van der Waals surface area contributed by atoms with Crippen molar-refractivity contribution in [3.63, 3.8) is 0 Å². The minimum Gasteiger partial charge on any atom is -0.496 e. The number of hydrogen-bond donors (Lipinski definition) is 1. The summed E-state index contributed by atoms with van der Waals surface area (Å²) in [5.41, 5.74) is 0.663. The lowest BCUT2D eigenvalue weighted by Crippen LogP contribution is -2.24. The largest absolute Gasteiger partial charge is 0.496 e. The Morgan fingerprint density at radius 1 is 1.59 bits per heavy atom. The van der Waals surface area contributed by atoms with Crippen LogP contribution in [0.1, 0.15) is 29.6 Å². The molecule has 0 aromatic heterocycles. The molecule has 1 aliphatic rings. The molecule has 0 aliphatic carbocycles. The molecule has 4 heteroatoms. The summed E-state index contributed by atoms with van der Waals surface area (Å²) in [5, 5.41) is 3.34. The van der Waals surface area contributed by atoms with Gasteiger partial charge in [0, 0.05) is 16.9 Å². The molecule has 1 atom stereocenters. The van der Waals surface area contributed by atoms with E-state index in [1.54, 1.807) is 7.11 Å². The zero-order valence-electron chi connectivity index (χ0n) is 9.83. The van der Waals surface area contributed by atoms with Crippen LogP contribution in [0.15, 0.2) is 22.7 Å². The van der Waals surface area contributed by atoms with Crippen LogP contribution in [0, 0.1) is 0 Å². The third kappa shape index (κ3) is 3.07. The number of benzene rings is 1. The first-order valence-corrected chi connectivity index (χ1v) is 6.60. The Morgan fingerprint density at radius 3 is 3.06 bits per heavy atom. The number of ketones is 1. The van der Waals surface area contributed by atoms with Crippen molar-refractivity contribution in [3.8, 4) is 5.75 Å². The van der Waals surface area contributed by atoms with Gasteiger partial charge in [-0.25, -0.2) is 0 Å². The number of nitrogens with one attached hydrogen (secondary N) is 1. The molecular formula is C13H16BrNO2. The Morgan fingerprint density at radius 2 is 2.41 bits per heavy atom. The van der Waals surface area contributed by atoms with Gasteiger partial charge >= 0.3 is 0 Å². The van der Waals surface area contributed by atoms with Crippen molar-refractivity contribution in [2.45, 2.75) is 25.3 Å². The standard InChI is InChI=1S/C13H16BrNO2/c1-17-13-5-4-9(14)7-11(13)12(16)8-10-3-2-6-15-10/h4-5,7,10,15H,2-3,6,8H2,1H3. The zero-order chi connectivity index (χ0) is 12.3. The number of carbonyl (C=O) groups is 1. The monoisotopic (exact) mass is 297 g/mol. The lowest BCUT2D eigenvalue weighted by Gasteiger charge is -2.11. The first-order valence-electron chi connectivity index (χ1n) is 5.81. The Balaban J connectivity index is 2.14. The highest BCUT2D eigenvalue weighted by Gasteiger charge is 2.20. The quantitative estimate of drug-likeness (QED) is 0.869. The predicted octanol–water partition coefficient (Wildman–Crippen LogP) is 2.78. The molecule has 1 fully saturated rings. The van der Waals surface area contributed by atoms with Gasteiger partial charge in [0.05, 0.1) is 12.7 Å². The molecule has 1 N–H and O–H groups in total. The van der Waals surface area contributed by atoms with E-state index in [1.807, 2.05) is 18.2 Å². The average molecular weight is 298 g/mol.